The molecule has 2 amide bonds. The van der Waals surface area contributed by atoms with Crippen LogP contribution in [-0.2, 0) is 11.2 Å². The molecule has 122 valence electrons. The van der Waals surface area contributed by atoms with E-state index in [4.69, 9.17) is 5.11 Å². The molecule has 1 aromatic rings. The van der Waals surface area contributed by atoms with E-state index in [1.54, 1.807) is 0 Å². The van der Waals surface area contributed by atoms with E-state index < -0.39 is 5.97 Å². The van der Waals surface area contributed by atoms with Crippen LogP contribution in [0.4, 0.5) is 4.79 Å². The van der Waals surface area contributed by atoms with Crippen molar-refractivity contribution >= 4 is 12.0 Å². The lowest BCUT2D eigenvalue weighted by Crippen LogP contribution is -2.42. The van der Waals surface area contributed by atoms with Crippen molar-refractivity contribution in [2.75, 3.05) is 6.54 Å². The number of hydrogen-bond donors (Lipinski definition) is 3. The molecule has 0 heterocycles. The van der Waals surface area contributed by atoms with Gasteiger partial charge in [-0.1, -0.05) is 43.7 Å². The number of benzene rings is 1. The lowest BCUT2D eigenvalue weighted by molar-refractivity contribution is -0.137. The molecule has 0 aliphatic carbocycles. The Labute approximate surface area is 132 Å². The number of carbonyl (C=O) groups excluding carboxylic acids is 1. The lowest BCUT2D eigenvalue weighted by Gasteiger charge is -2.18. The standard InChI is InChI=1S/C17H26N2O3/c1-2-7-15(12-11-14-8-4-3-5-9-14)19-17(22)18-13-6-10-16(20)21/h3-5,8-9,15H,2,6-7,10-13H2,1H3,(H,20,21)(H2,18,19,22). The van der Waals surface area contributed by atoms with Gasteiger partial charge in [0.25, 0.3) is 0 Å². The monoisotopic (exact) mass is 306 g/mol. The third-order valence-corrected chi connectivity index (χ3v) is 3.45. The molecule has 0 spiro atoms. The summed E-state index contributed by atoms with van der Waals surface area (Å²) >= 11 is 0. The molecule has 0 saturated heterocycles. The van der Waals surface area contributed by atoms with Crippen LogP contribution in [0.2, 0.25) is 0 Å². The van der Waals surface area contributed by atoms with E-state index in [2.05, 4.69) is 29.7 Å². The highest BCUT2D eigenvalue weighted by Gasteiger charge is 2.11. The topological polar surface area (TPSA) is 78.4 Å². The van der Waals surface area contributed by atoms with Crippen LogP contribution in [0.5, 0.6) is 0 Å². The Morgan fingerprint density at radius 1 is 1.18 bits per heavy atom. The fourth-order valence-corrected chi connectivity index (χ4v) is 2.30. The zero-order valence-corrected chi connectivity index (χ0v) is 13.2. The fraction of sp³-hybridized carbons (Fsp3) is 0.529. The average Bonchev–Trinajstić information content (AvgIpc) is 2.50. The van der Waals surface area contributed by atoms with Crippen molar-refractivity contribution < 1.29 is 14.7 Å². The largest absolute Gasteiger partial charge is 0.481 e. The molecule has 0 fully saturated rings. The molecule has 5 heteroatoms. The molecule has 0 aliphatic heterocycles. The summed E-state index contributed by atoms with van der Waals surface area (Å²) in [6.45, 7) is 2.48. The first-order chi connectivity index (χ1) is 10.6. The third-order valence-electron chi connectivity index (χ3n) is 3.45. The van der Waals surface area contributed by atoms with Crippen molar-refractivity contribution in [3.05, 3.63) is 35.9 Å². The van der Waals surface area contributed by atoms with E-state index in [0.717, 1.165) is 25.7 Å². The van der Waals surface area contributed by atoms with Crippen LogP contribution in [-0.4, -0.2) is 29.7 Å². The van der Waals surface area contributed by atoms with Crippen LogP contribution in [0.25, 0.3) is 0 Å². The zero-order valence-electron chi connectivity index (χ0n) is 13.2. The zero-order chi connectivity index (χ0) is 16.2. The molecular formula is C17H26N2O3. The number of hydrogen-bond acceptors (Lipinski definition) is 2. The predicted molar refractivity (Wildman–Crippen MR) is 86.9 cm³/mol. The highest BCUT2D eigenvalue weighted by Crippen LogP contribution is 2.08. The second-order valence-electron chi connectivity index (χ2n) is 5.41. The van der Waals surface area contributed by atoms with Crippen LogP contribution >= 0.6 is 0 Å². The number of aliphatic carboxylic acids is 1. The summed E-state index contributed by atoms with van der Waals surface area (Å²) in [5.74, 6) is -0.839. The summed E-state index contributed by atoms with van der Waals surface area (Å²) in [5.41, 5.74) is 1.27. The molecule has 3 N–H and O–H groups in total. The Morgan fingerprint density at radius 2 is 1.91 bits per heavy atom. The Kier molecular flexibility index (Phi) is 8.72. The molecule has 1 unspecified atom stereocenters. The first kappa shape index (κ1) is 18.0. The first-order valence-corrected chi connectivity index (χ1v) is 7.92. The van der Waals surface area contributed by atoms with Crippen molar-refractivity contribution in [1.29, 1.82) is 0 Å². The molecule has 1 aromatic carbocycles. The number of carboxylic acids is 1. The van der Waals surface area contributed by atoms with Crippen molar-refractivity contribution in [2.45, 2.75) is 51.5 Å². The number of carboxylic acid groups (broad SMARTS) is 1. The van der Waals surface area contributed by atoms with Crippen molar-refractivity contribution in [1.82, 2.24) is 10.6 Å². The Hall–Kier alpha value is -2.04. The van der Waals surface area contributed by atoms with E-state index in [1.807, 2.05) is 18.2 Å². The second kappa shape index (κ2) is 10.7. The predicted octanol–water partition coefficient (Wildman–Crippen LogP) is 2.95. The van der Waals surface area contributed by atoms with Gasteiger partial charge in [-0.25, -0.2) is 4.79 Å². The van der Waals surface area contributed by atoms with Gasteiger partial charge in [0, 0.05) is 19.0 Å². The number of nitrogens with one attached hydrogen (secondary N) is 2. The van der Waals surface area contributed by atoms with Gasteiger partial charge in [-0.15, -0.1) is 0 Å². The minimum absolute atomic E-state index is 0.0761. The van der Waals surface area contributed by atoms with Crippen LogP contribution in [0.1, 0.15) is 44.6 Å². The number of carbonyl (C=O) groups is 2. The smallest absolute Gasteiger partial charge is 0.315 e. The maximum atomic E-state index is 11.8. The number of amides is 2. The normalized spacial score (nSPS) is 11.7. The van der Waals surface area contributed by atoms with Gasteiger partial charge in [-0.2, -0.15) is 0 Å². The van der Waals surface area contributed by atoms with Gasteiger partial charge in [0.1, 0.15) is 0 Å². The molecule has 5 nitrogen and oxygen atoms in total. The maximum Gasteiger partial charge on any atom is 0.315 e. The van der Waals surface area contributed by atoms with Crippen LogP contribution < -0.4 is 10.6 Å². The molecule has 0 saturated carbocycles. The summed E-state index contributed by atoms with van der Waals surface area (Å²) < 4.78 is 0. The number of aryl methyl sites for hydroxylation is 1. The van der Waals surface area contributed by atoms with Crippen LogP contribution in [0, 0.1) is 0 Å². The SMILES string of the molecule is CCCC(CCc1ccccc1)NC(=O)NCCCC(=O)O. The maximum absolute atomic E-state index is 11.8. The van der Waals surface area contributed by atoms with E-state index >= 15 is 0 Å². The number of urea groups is 1. The summed E-state index contributed by atoms with van der Waals surface area (Å²) in [5, 5.41) is 14.2. The molecule has 0 aromatic heterocycles. The lowest BCUT2D eigenvalue weighted by atomic mass is 10.0. The number of rotatable bonds is 10. The van der Waals surface area contributed by atoms with Gasteiger partial charge in [-0.05, 0) is 31.2 Å². The summed E-state index contributed by atoms with van der Waals surface area (Å²) in [6, 6.07) is 10.2. The Morgan fingerprint density at radius 3 is 2.55 bits per heavy atom. The van der Waals surface area contributed by atoms with Crippen molar-refractivity contribution in [3.63, 3.8) is 0 Å². The summed E-state index contributed by atoms with van der Waals surface area (Å²) in [6.07, 6.45) is 4.32. The van der Waals surface area contributed by atoms with Crippen LogP contribution in [0.3, 0.4) is 0 Å². The molecule has 0 radical (unpaired) electrons. The minimum atomic E-state index is -0.839. The van der Waals surface area contributed by atoms with E-state index in [9.17, 15) is 9.59 Å². The van der Waals surface area contributed by atoms with Crippen molar-refractivity contribution in [2.24, 2.45) is 0 Å². The van der Waals surface area contributed by atoms with E-state index in [1.165, 1.54) is 5.56 Å². The highest BCUT2D eigenvalue weighted by atomic mass is 16.4. The van der Waals surface area contributed by atoms with Gasteiger partial charge in [0.15, 0.2) is 0 Å². The molecule has 1 rings (SSSR count). The Balaban J connectivity index is 2.30. The molecule has 1 atom stereocenters. The molecule has 0 bridgehead atoms. The minimum Gasteiger partial charge on any atom is -0.481 e. The van der Waals surface area contributed by atoms with Gasteiger partial charge < -0.3 is 15.7 Å². The first-order valence-electron chi connectivity index (χ1n) is 7.92. The second-order valence-corrected chi connectivity index (χ2v) is 5.41. The molecular weight excluding hydrogens is 280 g/mol. The van der Waals surface area contributed by atoms with E-state index in [-0.39, 0.29) is 18.5 Å². The van der Waals surface area contributed by atoms with Crippen LogP contribution in [0.15, 0.2) is 30.3 Å². The van der Waals surface area contributed by atoms with Gasteiger partial charge in [0.2, 0.25) is 0 Å². The summed E-state index contributed by atoms with van der Waals surface area (Å²) in [7, 11) is 0. The van der Waals surface area contributed by atoms with Gasteiger partial charge in [-0.3, -0.25) is 4.79 Å². The van der Waals surface area contributed by atoms with Gasteiger partial charge >= 0.3 is 12.0 Å². The van der Waals surface area contributed by atoms with Gasteiger partial charge in [0.05, 0.1) is 0 Å². The van der Waals surface area contributed by atoms with Crippen molar-refractivity contribution in [3.8, 4) is 0 Å². The summed E-state index contributed by atoms with van der Waals surface area (Å²) in [4.78, 5) is 22.2. The molecule has 22 heavy (non-hydrogen) atoms. The molecule has 0 aliphatic rings. The highest BCUT2D eigenvalue weighted by molar-refractivity contribution is 5.74. The van der Waals surface area contributed by atoms with E-state index in [0.29, 0.717) is 13.0 Å². The Bertz CT molecular complexity index is 448. The quantitative estimate of drug-likeness (QED) is 0.582. The fourth-order valence-electron chi connectivity index (χ4n) is 2.30. The average molecular weight is 306 g/mol. The third kappa shape index (κ3) is 8.29.